The normalized spacial score (nSPS) is 23.2. The number of nitrogens with zero attached hydrogens (tertiary/aromatic N) is 5. The number of benzene rings is 1. The predicted octanol–water partition coefficient (Wildman–Crippen LogP) is 3.79. The average Bonchev–Trinajstić information content (AvgIpc) is 3.59. The Balaban J connectivity index is 1.35. The molecule has 208 valence electrons. The van der Waals surface area contributed by atoms with Gasteiger partial charge in [0.1, 0.15) is 28.5 Å². The Morgan fingerprint density at radius 1 is 1.10 bits per heavy atom. The predicted molar refractivity (Wildman–Crippen MR) is 149 cm³/mol. The van der Waals surface area contributed by atoms with Crippen molar-refractivity contribution in [3.05, 3.63) is 48.1 Å². The van der Waals surface area contributed by atoms with Gasteiger partial charge in [0.15, 0.2) is 9.84 Å². The van der Waals surface area contributed by atoms with Gasteiger partial charge in [-0.15, -0.1) is 0 Å². The van der Waals surface area contributed by atoms with Crippen LogP contribution in [-0.2, 0) is 14.6 Å². The van der Waals surface area contributed by atoms with Crippen LogP contribution >= 0.6 is 0 Å². The van der Waals surface area contributed by atoms with Crippen LogP contribution in [0.5, 0.6) is 0 Å². The lowest BCUT2D eigenvalue weighted by Gasteiger charge is -2.30. The molecule has 1 aromatic carbocycles. The summed E-state index contributed by atoms with van der Waals surface area (Å²) in [5.74, 6) is 1.35. The summed E-state index contributed by atoms with van der Waals surface area (Å²) < 4.78 is 30.2. The Hall–Kier alpha value is -3.78. The number of nitrogens with one attached hydrogen (secondary N) is 1. The largest absolute Gasteiger partial charge is 0.439 e. The summed E-state index contributed by atoms with van der Waals surface area (Å²) in [6.07, 6.45) is 6.45. The van der Waals surface area contributed by atoms with E-state index < -0.39 is 15.4 Å². The highest BCUT2D eigenvalue weighted by Crippen LogP contribution is 2.45. The van der Waals surface area contributed by atoms with Crippen molar-refractivity contribution in [3.8, 4) is 28.9 Å². The Morgan fingerprint density at radius 2 is 1.82 bits per heavy atom. The highest BCUT2D eigenvalue weighted by atomic mass is 32.2. The third-order valence-corrected chi connectivity index (χ3v) is 9.87. The van der Waals surface area contributed by atoms with Crippen LogP contribution < -0.4 is 10.2 Å². The lowest BCUT2D eigenvalue weighted by molar-refractivity contribution is -0.127. The third-order valence-electron chi connectivity index (χ3n) is 8.26. The van der Waals surface area contributed by atoms with Gasteiger partial charge in [-0.05, 0) is 50.8 Å². The minimum atomic E-state index is -2.97. The second-order valence-corrected chi connectivity index (χ2v) is 13.4. The zero-order chi connectivity index (χ0) is 27.9. The maximum absolute atomic E-state index is 13.4. The standard InChI is InChI=1S/C29H32N6O4S/c1-19-31-13-10-24(32-19)28-33-25(20-6-8-21(9-7-20)35-14-16-40(37,38)17-15-35)26(39-28)22-4-2-3-5-23(22)27(36)34-29(18-30)11-12-29/h6-10,13,22-23H,2-5,11-12,14-17H2,1H3,(H,34,36)/t22-,23-/m1/s1. The van der Waals surface area contributed by atoms with Crippen LogP contribution in [0.25, 0.3) is 22.8 Å². The van der Waals surface area contributed by atoms with E-state index >= 15 is 0 Å². The molecule has 1 aliphatic heterocycles. The molecule has 0 unspecified atom stereocenters. The second-order valence-electron chi connectivity index (χ2n) is 11.1. The molecule has 11 heteroatoms. The lowest BCUT2D eigenvalue weighted by atomic mass is 9.76. The van der Waals surface area contributed by atoms with Gasteiger partial charge in [-0.25, -0.2) is 23.4 Å². The van der Waals surface area contributed by atoms with E-state index in [1.54, 1.807) is 12.3 Å². The summed E-state index contributed by atoms with van der Waals surface area (Å²) in [6.45, 7) is 2.75. The smallest absolute Gasteiger partial charge is 0.246 e. The summed E-state index contributed by atoms with van der Waals surface area (Å²) in [5, 5.41) is 12.5. The van der Waals surface area contributed by atoms with E-state index in [4.69, 9.17) is 9.40 Å². The Morgan fingerprint density at radius 3 is 2.50 bits per heavy atom. The van der Waals surface area contributed by atoms with Gasteiger partial charge >= 0.3 is 0 Å². The maximum Gasteiger partial charge on any atom is 0.246 e. The number of aromatic nitrogens is 3. The molecule has 6 rings (SSSR count). The molecular weight excluding hydrogens is 528 g/mol. The molecule has 2 saturated carbocycles. The number of aryl methyl sites for hydroxylation is 1. The number of amides is 1. The van der Waals surface area contributed by atoms with Crippen molar-refractivity contribution in [1.82, 2.24) is 20.3 Å². The molecule has 3 aromatic rings. The minimum absolute atomic E-state index is 0.0964. The highest BCUT2D eigenvalue weighted by molar-refractivity contribution is 7.91. The monoisotopic (exact) mass is 560 g/mol. The number of anilines is 1. The lowest BCUT2D eigenvalue weighted by Crippen LogP contribution is -2.42. The van der Waals surface area contributed by atoms with E-state index in [1.807, 2.05) is 31.2 Å². The molecule has 1 amide bonds. The van der Waals surface area contributed by atoms with Crippen molar-refractivity contribution in [3.63, 3.8) is 0 Å². The summed E-state index contributed by atoms with van der Waals surface area (Å²) in [7, 11) is -2.97. The topological polar surface area (TPSA) is 142 Å². The Labute approximate surface area is 233 Å². The second kappa shape index (κ2) is 10.3. The average molecular weight is 561 g/mol. The van der Waals surface area contributed by atoms with Crippen LogP contribution in [0.4, 0.5) is 5.69 Å². The van der Waals surface area contributed by atoms with E-state index in [0.717, 1.165) is 36.9 Å². The van der Waals surface area contributed by atoms with E-state index in [0.29, 0.717) is 54.8 Å². The van der Waals surface area contributed by atoms with Gasteiger partial charge in [0, 0.05) is 42.4 Å². The molecular formula is C29H32N6O4S. The van der Waals surface area contributed by atoms with Gasteiger partial charge in [0.25, 0.3) is 0 Å². The van der Waals surface area contributed by atoms with Gasteiger partial charge in [-0.2, -0.15) is 5.26 Å². The van der Waals surface area contributed by atoms with Crippen molar-refractivity contribution in [2.75, 3.05) is 29.5 Å². The molecule has 40 heavy (non-hydrogen) atoms. The molecule has 0 bridgehead atoms. The maximum atomic E-state index is 13.4. The van der Waals surface area contributed by atoms with E-state index in [9.17, 15) is 18.5 Å². The first kappa shape index (κ1) is 26.4. The van der Waals surface area contributed by atoms with Gasteiger partial charge in [0.2, 0.25) is 11.8 Å². The number of hydrogen-bond acceptors (Lipinski definition) is 9. The third kappa shape index (κ3) is 5.32. The molecule has 1 N–H and O–H groups in total. The van der Waals surface area contributed by atoms with E-state index in [-0.39, 0.29) is 29.2 Å². The number of oxazole rings is 1. The number of sulfone groups is 1. The van der Waals surface area contributed by atoms with Crippen molar-refractivity contribution >= 4 is 21.4 Å². The Kier molecular flexibility index (Phi) is 6.82. The summed E-state index contributed by atoms with van der Waals surface area (Å²) in [5.41, 5.74) is 2.33. The molecule has 10 nitrogen and oxygen atoms in total. The summed E-state index contributed by atoms with van der Waals surface area (Å²) >= 11 is 0. The minimum Gasteiger partial charge on any atom is -0.439 e. The first-order valence-corrected chi connectivity index (χ1v) is 15.7. The van der Waals surface area contributed by atoms with Crippen LogP contribution in [0.3, 0.4) is 0 Å². The first-order chi connectivity index (χ1) is 19.3. The first-order valence-electron chi connectivity index (χ1n) is 13.9. The number of carbonyl (C=O) groups excluding carboxylic acids is 1. The fourth-order valence-corrected chi connectivity index (χ4v) is 6.95. The van der Waals surface area contributed by atoms with Crippen molar-refractivity contribution in [1.29, 1.82) is 5.26 Å². The molecule has 2 atom stereocenters. The summed E-state index contributed by atoms with van der Waals surface area (Å²) in [6, 6.07) is 11.9. The quantitative estimate of drug-likeness (QED) is 0.476. The van der Waals surface area contributed by atoms with E-state index in [2.05, 4.69) is 26.3 Å². The molecule has 3 aliphatic rings. The van der Waals surface area contributed by atoms with Crippen molar-refractivity contribution in [2.45, 2.75) is 56.9 Å². The zero-order valence-electron chi connectivity index (χ0n) is 22.5. The summed E-state index contributed by atoms with van der Waals surface area (Å²) in [4.78, 5) is 29.1. The number of rotatable bonds is 6. The molecule has 3 fully saturated rings. The van der Waals surface area contributed by atoms with Gasteiger partial charge in [-0.3, -0.25) is 4.79 Å². The molecule has 2 aliphatic carbocycles. The highest BCUT2D eigenvalue weighted by Gasteiger charge is 2.47. The van der Waals surface area contributed by atoms with Crippen LogP contribution in [0.2, 0.25) is 0 Å². The fourth-order valence-electron chi connectivity index (χ4n) is 5.75. The number of carbonyl (C=O) groups is 1. The van der Waals surface area contributed by atoms with Crippen LogP contribution in [0, 0.1) is 24.2 Å². The molecule has 3 heterocycles. The van der Waals surface area contributed by atoms with Crippen LogP contribution in [0.15, 0.2) is 40.9 Å². The van der Waals surface area contributed by atoms with Crippen LogP contribution in [0.1, 0.15) is 56.0 Å². The molecule has 2 aromatic heterocycles. The molecule has 1 saturated heterocycles. The molecule has 0 spiro atoms. The molecule has 0 radical (unpaired) electrons. The van der Waals surface area contributed by atoms with Crippen molar-refractivity contribution in [2.24, 2.45) is 5.92 Å². The number of nitriles is 1. The number of hydrogen-bond donors (Lipinski definition) is 1. The fraction of sp³-hybridized carbons (Fsp3) is 0.483. The van der Waals surface area contributed by atoms with Crippen molar-refractivity contribution < 1.29 is 17.6 Å². The zero-order valence-corrected chi connectivity index (χ0v) is 23.3. The SMILES string of the molecule is Cc1nccc(-c2nc(-c3ccc(N4CCS(=O)(=O)CC4)cc3)c([C@@H]3CCCC[C@H]3C(=O)NC3(C#N)CC3)o2)n1. The van der Waals surface area contributed by atoms with Gasteiger partial charge in [0.05, 0.1) is 17.6 Å². The Bertz CT molecular complexity index is 1560. The van der Waals surface area contributed by atoms with Gasteiger partial charge < -0.3 is 14.6 Å². The van der Waals surface area contributed by atoms with E-state index in [1.165, 1.54) is 0 Å². The van der Waals surface area contributed by atoms with Crippen LogP contribution in [-0.4, -0.2) is 59.4 Å². The van der Waals surface area contributed by atoms with Gasteiger partial charge in [-0.1, -0.05) is 25.0 Å².